The third kappa shape index (κ3) is 4.06. The smallest absolute Gasteiger partial charge is 0.149 e. The molecule has 0 radical (unpaired) electrons. The molecule has 0 spiro atoms. The molecule has 2 fully saturated rings. The fourth-order valence-corrected chi connectivity index (χ4v) is 3.47. The summed E-state index contributed by atoms with van der Waals surface area (Å²) in [5.74, 6) is 1.70. The van der Waals surface area contributed by atoms with Crippen molar-refractivity contribution in [1.29, 1.82) is 0 Å². The minimum atomic E-state index is 0.350. The van der Waals surface area contributed by atoms with Crippen LogP contribution in [0.3, 0.4) is 0 Å². The fraction of sp³-hybridized carbons (Fsp3) is 0.929. The molecule has 1 saturated carbocycles. The standard InChI is InChI=1S/C14H24BrNO/c1-11-6-8-16(9-7-11)10-14(17)12-2-4-13(15)5-3-12/h11-13H,2-10H2,1H3. The molecule has 1 heterocycles. The molecule has 1 aliphatic heterocycles. The van der Waals surface area contributed by atoms with Gasteiger partial charge in [0.1, 0.15) is 5.78 Å². The van der Waals surface area contributed by atoms with E-state index in [9.17, 15) is 4.79 Å². The molecule has 0 atom stereocenters. The molecule has 98 valence electrons. The molecule has 2 rings (SSSR count). The Morgan fingerprint density at radius 3 is 2.29 bits per heavy atom. The lowest BCUT2D eigenvalue weighted by atomic mass is 9.85. The molecule has 0 N–H and O–H groups in total. The van der Waals surface area contributed by atoms with Crippen molar-refractivity contribution in [3.05, 3.63) is 0 Å². The monoisotopic (exact) mass is 301 g/mol. The first-order valence-corrected chi connectivity index (χ1v) is 7.96. The first kappa shape index (κ1) is 13.5. The first-order chi connectivity index (χ1) is 8.15. The van der Waals surface area contributed by atoms with E-state index in [1.54, 1.807) is 0 Å². The highest BCUT2D eigenvalue weighted by Crippen LogP contribution is 2.29. The van der Waals surface area contributed by atoms with E-state index >= 15 is 0 Å². The Morgan fingerprint density at radius 2 is 1.71 bits per heavy atom. The van der Waals surface area contributed by atoms with Crippen LogP contribution in [0.15, 0.2) is 0 Å². The molecule has 1 aliphatic carbocycles. The second-order valence-corrected chi connectivity index (χ2v) is 7.17. The lowest BCUT2D eigenvalue weighted by Gasteiger charge is -2.31. The number of hydrogen-bond acceptors (Lipinski definition) is 2. The normalized spacial score (nSPS) is 32.6. The Balaban J connectivity index is 1.73. The fourth-order valence-electron chi connectivity index (χ4n) is 2.94. The van der Waals surface area contributed by atoms with Gasteiger partial charge in [0.05, 0.1) is 6.54 Å². The average Bonchev–Trinajstić information content (AvgIpc) is 2.33. The van der Waals surface area contributed by atoms with E-state index in [4.69, 9.17) is 0 Å². The van der Waals surface area contributed by atoms with Gasteiger partial charge in [0.2, 0.25) is 0 Å². The number of halogens is 1. The Kier molecular flexibility index (Phi) is 5.04. The van der Waals surface area contributed by atoms with Gasteiger partial charge in [-0.05, 0) is 57.5 Å². The molecule has 1 saturated heterocycles. The second-order valence-electron chi connectivity index (χ2n) is 5.87. The third-order valence-corrected chi connectivity index (χ3v) is 5.28. The molecule has 0 amide bonds. The maximum absolute atomic E-state index is 12.2. The lowest BCUT2D eigenvalue weighted by Crippen LogP contribution is -2.39. The maximum atomic E-state index is 12.2. The van der Waals surface area contributed by atoms with Crippen LogP contribution in [-0.2, 0) is 4.79 Å². The number of carbonyl (C=O) groups excluding carboxylic acids is 1. The topological polar surface area (TPSA) is 20.3 Å². The van der Waals surface area contributed by atoms with Gasteiger partial charge in [-0.25, -0.2) is 0 Å². The summed E-state index contributed by atoms with van der Waals surface area (Å²) in [6.07, 6.45) is 7.07. The SMILES string of the molecule is CC1CCN(CC(=O)C2CCC(Br)CC2)CC1. The van der Waals surface area contributed by atoms with Crippen LogP contribution in [0.2, 0.25) is 0 Å². The summed E-state index contributed by atoms with van der Waals surface area (Å²) < 4.78 is 0. The van der Waals surface area contributed by atoms with Crippen molar-refractivity contribution in [3.63, 3.8) is 0 Å². The first-order valence-electron chi connectivity index (χ1n) is 7.04. The van der Waals surface area contributed by atoms with Crippen LogP contribution >= 0.6 is 15.9 Å². The van der Waals surface area contributed by atoms with Crippen LogP contribution in [0.25, 0.3) is 0 Å². The highest BCUT2D eigenvalue weighted by Gasteiger charge is 2.27. The minimum Gasteiger partial charge on any atom is -0.298 e. The van der Waals surface area contributed by atoms with E-state index < -0.39 is 0 Å². The van der Waals surface area contributed by atoms with E-state index in [0.29, 0.717) is 23.1 Å². The van der Waals surface area contributed by atoms with Crippen molar-refractivity contribution < 1.29 is 4.79 Å². The number of likely N-dealkylation sites (tertiary alicyclic amines) is 1. The quantitative estimate of drug-likeness (QED) is 0.746. The van der Waals surface area contributed by atoms with Crippen LogP contribution in [0.1, 0.15) is 45.4 Å². The Bertz CT molecular complexity index is 253. The summed E-state index contributed by atoms with van der Waals surface area (Å²) in [4.78, 5) is 15.2. The van der Waals surface area contributed by atoms with Crippen molar-refractivity contribution >= 4 is 21.7 Å². The zero-order valence-electron chi connectivity index (χ0n) is 10.8. The van der Waals surface area contributed by atoms with E-state index in [2.05, 4.69) is 27.8 Å². The molecule has 3 heteroatoms. The molecule has 0 aromatic heterocycles. The van der Waals surface area contributed by atoms with Crippen LogP contribution in [0, 0.1) is 11.8 Å². The van der Waals surface area contributed by atoms with Crippen molar-refractivity contribution in [1.82, 2.24) is 4.90 Å². The number of piperidine rings is 1. The van der Waals surface area contributed by atoms with Crippen molar-refractivity contribution in [2.24, 2.45) is 11.8 Å². The van der Waals surface area contributed by atoms with Gasteiger partial charge in [0.25, 0.3) is 0 Å². The summed E-state index contributed by atoms with van der Waals surface area (Å²) in [6.45, 7) is 5.28. The lowest BCUT2D eigenvalue weighted by molar-refractivity contribution is -0.125. The summed E-state index contributed by atoms with van der Waals surface area (Å²) in [7, 11) is 0. The number of hydrogen-bond donors (Lipinski definition) is 0. The highest BCUT2D eigenvalue weighted by molar-refractivity contribution is 9.09. The predicted molar refractivity (Wildman–Crippen MR) is 74.5 cm³/mol. The second kappa shape index (κ2) is 6.33. The minimum absolute atomic E-state index is 0.350. The molecule has 2 aliphatic rings. The predicted octanol–water partition coefficient (Wildman–Crippen LogP) is 3.24. The number of Topliss-reactive ketones (excluding diaryl/α,β-unsaturated/α-hetero) is 1. The van der Waals surface area contributed by atoms with Gasteiger partial charge in [0, 0.05) is 10.7 Å². The van der Waals surface area contributed by atoms with Gasteiger partial charge < -0.3 is 0 Å². The van der Waals surface area contributed by atoms with Crippen molar-refractivity contribution in [2.45, 2.75) is 50.3 Å². The van der Waals surface area contributed by atoms with Gasteiger partial charge in [-0.1, -0.05) is 22.9 Å². The number of nitrogens with zero attached hydrogens (tertiary/aromatic N) is 1. The number of rotatable bonds is 3. The van der Waals surface area contributed by atoms with Crippen molar-refractivity contribution in [2.75, 3.05) is 19.6 Å². The zero-order valence-corrected chi connectivity index (χ0v) is 12.4. The van der Waals surface area contributed by atoms with Crippen LogP contribution in [-0.4, -0.2) is 35.1 Å². The average molecular weight is 302 g/mol. The van der Waals surface area contributed by atoms with Gasteiger partial charge in [0.15, 0.2) is 0 Å². The molecule has 2 nitrogen and oxygen atoms in total. The van der Waals surface area contributed by atoms with Gasteiger partial charge in [-0.3, -0.25) is 9.69 Å². The summed E-state index contributed by atoms with van der Waals surface area (Å²) in [5.41, 5.74) is 0. The van der Waals surface area contributed by atoms with Crippen LogP contribution in [0.5, 0.6) is 0 Å². The number of carbonyl (C=O) groups is 1. The Labute approximate surface area is 113 Å². The van der Waals surface area contributed by atoms with Gasteiger partial charge in [-0.15, -0.1) is 0 Å². The molecular weight excluding hydrogens is 278 g/mol. The number of ketones is 1. The highest BCUT2D eigenvalue weighted by atomic mass is 79.9. The van der Waals surface area contributed by atoms with E-state index in [1.807, 2.05) is 0 Å². The van der Waals surface area contributed by atoms with E-state index in [-0.39, 0.29) is 0 Å². The molecule has 0 bridgehead atoms. The summed E-state index contributed by atoms with van der Waals surface area (Å²) >= 11 is 3.65. The largest absolute Gasteiger partial charge is 0.298 e. The molecule has 0 aromatic rings. The van der Waals surface area contributed by atoms with E-state index in [0.717, 1.165) is 31.8 Å². The zero-order chi connectivity index (χ0) is 12.3. The third-order valence-electron chi connectivity index (χ3n) is 4.37. The van der Waals surface area contributed by atoms with Crippen LogP contribution in [0.4, 0.5) is 0 Å². The van der Waals surface area contributed by atoms with Gasteiger partial charge in [-0.2, -0.15) is 0 Å². The Morgan fingerprint density at radius 1 is 1.12 bits per heavy atom. The molecule has 0 aromatic carbocycles. The summed E-state index contributed by atoms with van der Waals surface area (Å²) in [5, 5.41) is 0. The molecular formula is C14H24BrNO. The van der Waals surface area contributed by atoms with E-state index in [1.165, 1.54) is 25.7 Å². The maximum Gasteiger partial charge on any atom is 0.149 e. The van der Waals surface area contributed by atoms with Crippen molar-refractivity contribution in [3.8, 4) is 0 Å². The Hall–Kier alpha value is 0.110. The van der Waals surface area contributed by atoms with Crippen LogP contribution < -0.4 is 0 Å². The number of alkyl halides is 1. The molecule has 0 unspecified atom stereocenters. The van der Waals surface area contributed by atoms with Gasteiger partial charge >= 0.3 is 0 Å². The molecule has 17 heavy (non-hydrogen) atoms. The summed E-state index contributed by atoms with van der Waals surface area (Å²) in [6, 6.07) is 0.